The molecule has 1 fully saturated rings. The Bertz CT molecular complexity index is 394. The van der Waals surface area contributed by atoms with Crippen LogP contribution in [0.3, 0.4) is 0 Å². The fourth-order valence-corrected chi connectivity index (χ4v) is 4.43. The Balaban J connectivity index is 2.04. The summed E-state index contributed by atoms with van der Waals surface area (Å²) in [5.74, 6) is 0.544. The summed E-state index contributed by atoms with van der Waals surface area (Å²) in [4.78, 5) is 3.87. The van der Waals surface area contributed by atoms with E-state index in [4.69, 9.17) is 0 Å². The van der Waals surface area contributed by atoms with Crippen molar-refractivity contribution >= 4 is 21.2 Å². The molecule has 0 saturated carbocycles. The molecule has 1 N–H and O–H groups in total. The molecule has 1 saturated heterocycles. The Hall–Kier alpha value is -0.460. The molecule has 84 valence electrons. The van der Waals surface area contributed by atoms with E-state index in [9.17, 15) is 8.42 Å². The molecule has 2 heterocycles. The molecule has 0 bridgehead atoms. The summed E-state index contributed by atoms with van der Waals surface area (Å²) in [5, 5.41) is 4.93. The van der Waals surface area contributed by atoms with Gasteiger partial charge in [-0.2, -0.15) is 0 Å². The van der Waals surface area contributed by atoms with Crippen molar-refractivity contribution in [3.63, 3.8) is 0 Å². The van der Waals surface area contributed by atoms with E-state index in [0.29, 0.717) is 5.92 Å². The molecule has 0 aliphatic carbocycles. The van der Waals surface area contributed by atoms with E-state index in [0.717, 1.165) is 25.9 Å². The summed E-state index contributed by atoms with van der Waals surface area (Å²) < 4.78 is 24.0. The van der Waals surface area contributed by atoms with E-state index >= 15 is 0 Å². The highest BCUT2D eigenvalue weighted by molar-refractivity contribution is 7.93. The summed E-state index contributed by atoms with van der Waals surface area (Å²) in [6.07, 6.45) is 3.44. The predicted octanol–water partition coefficient (Wildman–Crippen LogP) is 0.916. The van der Waals surface area contributed by atoms with Gasteiger partial charge in [0.2, 0.25) is 14.2 Å². The number of hydrogen-bond acceptors (Lipinski definition) is 5. The van der Waals surface area contributed by atoms with Crippen LogP contribution < -0.4 is 5.32 Å². The van der Waals surface area contributed by atoms with E-state index in [1.165, 1.54) is 11.3 Å². The maximum Gasteiger partial charge on any atom is 0.209 e. The summed E-state index contributed by atoms with van der Waals surface area (Å²) in [5.41, 5.74) is 0. The lowest BCUT2D eigenvalue weighted by molar-refractivity contribution is 0.401. The van der Waals surface area contributed by atoms with E-state index in [2.05, 4.69) is 10.3 Å². The fraction of sp³-hybridized carbons (Fsp3) is 0.667. The average molecular weight is 246 g/mol. The molecule has 15 heavy (non-hydrogen) atoms. The summed E-state index contributed by atoms with van der Waals surface area (Å²) >= 11 is 1.20. The van der Waals surface area contributed by atoms with Gasteiger partial charge in [0.15, 0.2) is 0 Å². The first-order chi connectivity index (χ1) is 7.18. The largest absolute Gasteiger partial charge is 0.317 e. The molecule has 6 heteroatoms. The van der Waals surface area contributed by atoms with Crippen molar-refractivity contribution in [2.45, 2.75) is 17.2 Å². The molecular weight excluding hydrogens is 232 g/mol. The number of aromatic nitrogens is 1. The highest BCUT2D eigenvalue weighted by Gasteiger charge is 2.24. The number of rotatable bonds is 3. The number of hydrogen-bond donors (Lipinski definition) is 1. The Morgan fingerprint density at radius 2 is 2.20 bits per heavy atom. The molecule has 1 aromatic rings. The standard InChI is InChI=1S/C9H14N2O2S2/c12-15(13,9-11-5-6-14-9)7-8-1-3-10-4-2-8/h5-6,8,10H,1-4,7H2. The van der Waals surface area contributed by atoms with Crippen molar-refractivity contribution in [3.05, 3.63) is 11.6 Å². The van der Waals surface area contributed by atoms with Crippen LogP contribution in [0.4, 0.5) is 0 Å². The van der Waals surface area contributed by atoms with E-state index in [1.807, 2.05) is 0 Å². The highest BCUT2D eigenvalue weighted by atomic mass is 32.2. The third-order valence-electron chi connectivity index (χ3n) is 2.59. The van der Waals surface area contributed by atoms with E-state index < -0.39 is 9.84 Å². The van der Waals surface area contributed by atoms with Crippen LogP contribution in [0.5, 0.6) is 0 Å². The zero-order valence-corrected chi connectivity index (χ0v) is 9.98. The minimum atomic E-state index is -3.14. The monoisotopic (exact) mass is 246 g/mol. The van der Waals surface area contributed by atoms with Crippen molar-refractivity contribution < 1.29 is 8.42 Å². The molecule has 0 amide bonds. The number of sulfone groups is 1. The highest BCUT2D eigenvalue weighted by Crippen LogP contribution is 2.20. The van der Waals surface area contributed by atoms with Crippen molar-refractivity contribution in [3.8, 4) is 0 Å². The molecule has 2 rings (SSSR count). The van der Waals surface area contributed by atoms with Crippen LogP contribution in [0.2, 0.25) is 0 Å². The van der Waals surface area contributed by atoms with Crippen molar-refractivity contribution in [1.82, 2.24) is 10.3 Å². The molecule has 1 aliphatic rings. The van der Waals surface area contributed by atoms with Gasteiger partial charge < -0.3 is 5.32 Å². The maximum absolute atomic E-state index is 11.9. The van der Waals surface area contributed by atoms with Gasteiger partial charge in [0.25, 0.3) is 0 Å². The zero-order chi connectivity index (χ0) is 10.7. The SMILES string of the molecule is O=S(=O)(CC1CCNCC1)c1nccs1. The zero-order valence-electron chi connectivity index (χ0n) is 8.35. The van der Waals surface area contributed by atoms with Crippen molar-refractivity contribution in [1.29, 1.82) is 0 Å². The van der Waals surface area contributed by atoms with Gasteiger partial charge in [-0.3, -0.25) is 0 Å². The van der Waals surface area contributed by atoms with Crippen LogP contribution in [0, 0.1) is 5.92 Å². The lowest BCUT2D eigenvalue weighted by atomic mass is 10.0. The van der Waals surface area contributed by atoms with Gasteiger partial charge >= 0.3 is 0 Å². The van der Waals surface area contributed by atoms with Gasteiger partial charge in [0.1, 0.15) is 0 Å². The van der Waals surface area contributed by atoms with Crippen LogP contribution in [-0.4, -0.2) is 32.2 Å². The smallest absolute Gasteiger partial charge is 0.209 e. The predicted molar refractivity (Wildman–Crippen MR) is 59.8 cm³/mol. The fourth-order valence-electron chi connectivity index (χ4n) is 1.79. The molecule has 0 atom stereocenters. The molecule has 4 nitrogen and oxygen atoms in total. The van der Waals surface area contributed by atoms with Gasteiger partial charge in [-0.1, -0.05) is 0 Å². The van der Waals surface area contributed by atoms with Crippen LogP contribution >= 0.6 is 11.3 Å². The van der Waals surface area contributed by atoms with Gasteiger partial charge in [-0.05, 0) is 31.8 Å². The van der Waals surface area contributed by atoms with E-state index in [-0.39, 0.29) is 10.1 Å². The molecule has 0 aromatic carbocycles. The van der Waals surface area contributed by atoms with E-state index in [1.54, 1.807) is 11.6 Å². The topological polar surface area (TPSA) is 59.1 Å². The lowest BCUT2D eigenvalue weighted by Crippen LogP contribution is -2.31. The molecule has 1 aromatic heterocycles. The van der Waals surface area contributed by atoms with Crippen LogP contribution in [-0.2, 0) is 9.84 Å². The Morgan fingerprint density at radius 1 is 1.47 bits per heavy atom. The van der Waals surface area contributed by atoms with Crippen LogP contribution in [0.15, 0.2) is 15.9 Å². The summed E-state index contributed by atoms with van der Waals surface area (Å²) in [7, 11) is -3.14. The quantitative estimate of drug-likeness (QED) is 0.861. The normalized spacial score (nSPS) is 19.2. The van der Waals surface area contributed by atoms with Crippen LogP contribution in [0.1, 0.15) is 12.8 Å². The third-order valence-corrected chi connectivity index (χ3v) is 5.75. The first-order valence-electron chi connectivity index (χ1n) is 5.01. The molecular formula is C9H14N2O2S2. The minimum Gasteiger partial charge on any atom is -0.317 e. The van der Waals surface area contributed by atoms with Gasteiger partial charge in [0.05, 0.1) is 5.75 Å². The Kier molecular flexibility index (Phi) is 3.38. The molecule has 1 aliphatic heterocycles. The number of piperidine rings is 1. The lowest BCUT2D eigenvalue weighted by Gasteiger charge is -2.21. The number of nitrogens with zero attached hydrogens (tertiary/aromatic N) is 1. The third kappa shape index (κ3) is 2.76. The second-order valence-electron chi connectivity index (χ2n) is 3.77. The molecule has 0 radical (unpaired) electrons. The van der Waals surface area contributed by atoms with Crippen molar-refractivity contribution in [2.75, 3.05) is 18.8 Å². The number of nitrogens with one attached hydrogen (secondary N) is 1. The number of thiazole rings is 1. The molecule has 0 unspecified atom stereocenters. The van der Waals surface area contributed by atoms with Crippen molar-refractivity contribution in [2.24, 2.45) is 5.92 Å². The molecule has 0 spiro atoms. The summed E-state index contributed by atoms with van der Waals surface area (Å²) in [6, 6.07) is 0. The maximum atomic E-state index is 11.9. The Labute approximate surface area is 93.7 Å². The van der Waals surface area contributed by atoms with Gasteiger partial charge in [0, 0.05) is 11.6 Å². The average Bonchev–Trinajstić information content (AvgIpc) is 2.71. The first kappa shape index (κ1) is 11.0. The second-order valence-corrected chi connectivity index (χ2v) is 6.88. The van der Waals surface area contributed by atoms with Gasteiger partial charge in [-0.15, -0.1) is 11.3 Å². The first-order valence-corrected chi connectivity index (χ1v) is 7.54. The minimum absolute atomic E-state index is 0.252. The summed E-state index contributed by atoms with van der Waals surface area (Å²) in [6.45, 7) is 1.86. The van der Waals surface area contributed by atoms with Crippen LogP contribution in [0.25, 0.3) is 0 Å². The van der Waals surface area contributed by atoms with Gasteiger partial charge in [-0.25, -0.2) is 13.4 Å². The Morgan fingerprint density at radius 3 is 2.80 bits per heavy atom. The second kappa shape index (κ2) is 4.59.